The number of fused-ring (bicyclic) bond motifs is 1. The van der Waals surface area contributed by atoms with Crippen molar-refractivity contribution >= 4 is 32.5 Å². The van der Waals surface area contributed by atoms with Crippen LogP contribution in [0, 0.1) is 5.82 Å². The highest BCUT2D eigenvalue weighted by atomic mass is 32.1. The second kappa shape index (κ2) is 5.73. The minimum atomic E-state index is -0.264. The van der Waals surface area contributed by atoms with Crippen molar-refractivity contribution < 1.29 is 4.39 Å². The van der Waals surface area contributed by atoms with Crippen molar-refractivity contribution in [3.63, 3.8) is 0 Å². The predicted molar refractivity (Wildman–Crippen MR) is 90.3 cm³/mol. The minimum Gasteiger partial charge on any atom is -0.315 e. The Labute approximate surface area is 135 Å². The molecule has 0 fully saturated rings. The third kappa shape index (κ3) is 2.89. The molecular weight excluding hydrogens is 311 g/mol. The van der Waals surface area contributed by atoms with Crippen LogP contribution in [0.4, 0.5) is 15.3 Å². The molecule has 0 aliphatic carbocycles. The van der Waals surface area contributed by atoms with Gasteiger partial charge in [0, 0.05) is 5.56 Å². The zero-order valence-electron chi connectivity index (χ0n) is 11.9. The van der Waals surface area contributed by atoms with Crippen molar-refractivity contribution in [3.05, 3.63) is 66.5 Å². The lowest BCUT2D eigenvalue weighted by Crippen LogP contribution is -1.95. The van der Waals surface area contributed by atoms with Crippen molar-refractivity contribution in [3.8, 4) is 11.3 Å². The van der Waals surface area contributed by atoms with Gasteiger partial charge in [0.25, 0.3) is 0 Å². The number of nitrogens with one attached hydrogen (secondary N) is 1. The van der Waals surface area contributed by atoms with Crippen molar-refractivity contribution in [2.45, 2.75) is 0 Å². The summed E-state index contributed by atoms with van der Waals surface area (Å²) in [5.74, 6) is 0.337. The van der Waals surface area contributed by atoms with E-state index in [0.717, 1.165) is 21.5 Å². The molecule has 0 radical (unpaired) electrons. The first-order chi connectivity index (χ1) is 11.3. The zero-order valence-corrected chi connectivity index (χ0v) is 12.7. The highest BCUT2D eigenvalue weighted by molar-refractivity contribution is 7.22. The molecule has 0 spiro atoms. The quantitative estimate of drug-likeness (QED) is 0.597. The second-order valence-corrected chi connectivity index (χ2v) is 5.96. The largest absolute Gasteiger partial charge is 0.315 e. The van der Waals surface area contributed by atoms with Gasteiger partial charge in [-0.25, -0.2) is 9.37 Å². The molecule has 0 saturated heterocycles. The standard InChI is InChI=1S/C17H11FN4S/c18-12-6-7-14-15(10-12)23-17(19-14)20-16-9-8-13(21-22-16)11-4-2-1-3-5-11/h1-10H,(H,19,20,22). The summed E-state index contributed by atoms with van der Waals surface area (Å²) in [5, 5.41) is 12.1. The molecule has 0 amide bonds. The molecule has 0 saturated carbocycles. The van der Waals surface area contributed by atoms with Crippen LogP contribution in [0.2, 0.25) is 0 Å². The van der Waals surface area contributed by atoms with Gasteiger partial charge in [-0.3, -0.25) is 0 Å². The van der Waals surface area contributed by atoms with E-state index >= 15 is 0 Å². The number of aromatic nitrogens is 3. The number of hydrogen-bond donors (Lipinski definition) is 1. The predicted octanol–water partition coefficient (Wildman–Crippen LogP) is 4.64. The Morgan fingerprint density at radius 2 is 1.78 bits per heavy atom. The summed E-state index contributed by atoms with van der Waals surface area (Å²) < 4.78 is 14.0. The number of halogens is 1. The lowest BCUT2D eigenvalue weighted by Gasteiger charge is -2.02. The molecular formula is C17H11FN4S. The van der Waals surface area contributed by atoms with E-state index in [1.165, 1.54) is 23.5 Å². The van der Waals surface area contributed by atoms with Gasteiger partial charge in [0.05, 0.1) is 15.9 Å². The molecule has 0 atom stereocenters. The van der Waals surface area contributed by atoms with Crippen LogP contribution in [-0.4, -0.2) is 15.2 Å². The van der Waals surface area contributed by atoms with E-state index in [4.69, 9.17) is 0 Å². The first-order valence-electron chi connectivity index (χ1n) is 7.00. The summed E-state index contributed by atoms with van der Waals surface area (Å²) in [6.07, 6.45) is 0. The van der Waals surface area contributed by atoms with Gasteiger partial charge >= 0.3 is 0 Å². The molecule has 0 bridgehead atoms. The molecule has 0 aliphatic rings. The van der Waals surface area contributed by atoms with E-state index in [2.05, 4.69) is 20.5 Å². The fourth-order valence-electron chi connectivity index (χ4n) is 2.22. The van der Waals surface area contributed by atoms with E-state index in [9.17, 15) is 4.39 Å². The van der Waals surface area contributed by atoms with Crippen LogP contribution >= 0.6 is 11.3 Å². The Hall–Kier alpha value is -2.86. The van der Waals surface area contributed by atoms with Gasteiger partial charge in [0.15, 0.2) is 10.9 Å². The van der Waals surface area contributed by atoms with Gasteiger partial charge in [-0.1, -0.05) is 41.7 Å². The van der Waals surface area contributed by atoms with E-state index in [0.29, 0.717) is 10.9 Å². The highest BCUT2D eigenvalue weighted by Crippen LogP contribution is 2.28. The van der Waals surface area contributed by atoms with E-state index in [1.54, 1.807) is 6.07 Å². The molecule has 112 valence electrons. The molecule has 4 aromatic rings. The molecule has 0 unspecified atom stereocenters. The third-order valence-electron chi connectivity index (χ3n) is 3.32. The monoisotopic (exact) mass is 322 g/mol. The number of nitrogens with zero attached hydrogens (tertiary/aromatic N) is 3. The lowest BCUT2D eigenvalue weighted by atomic mass is 10.1. The van der Waals surface area contributed by atoms with Gasteiger partial charge in [-0.05, 0) is 30.3 Å². The highest BCUT2D eigenvalue weighted by Gasteiger charge is 2.06. The van der Waals surface area contributed by atoms with Crippen molar-refractivity contribution in [1.82, 2.24) is 15.2 Å². The Morgan fingerprint density at radius 3 is 2.57 bits per heavy atom. The molecule has 2 heterocycles. The normalized spacial score (nSPS) is 10.8. The molecule has 6 heteroatoms. The first kappa shape index (κ1) is 13.8. The van der Waals surface area contributed by atoms with Gasteiger partial charge < -0.3 is 5.32 Å². The van der Waals surface area contributed by atoms with Gasteiger partial charge in [-0.15, -0.1) is 10.2 Å². The molecule has 0 aliphatic heterocycles. The summed E-state index contributed by atoms with van der Waals surface area (Å²) in [7, 11) is 0. The van der Waals surface area contributed by atoms with Crippen LogP contribution in [0.1, 0.15) is 0 Å². The van der Waals surface area contributed by atoms with E-state index in [1.807, 2.05) is 42.5 Å². The van der Waals surface area contributed by atoms with E-state index < -0.39 is 0 Å². The van der Waals surface area contributed by atoms with Crippen LogP contribution < -0.4 is 5.32 Å². The maximum absolute atomic E-state index is 13.2. The number of rotatable bonds is 3. The number of anilines is 2. The zero-order chi connectivity index (χ0) is 15.6. The number of benzene rings is 2. The van der Waals surface area contributed by atoms with Gasteiger partial charge in [0.1, 0.15) is 5.82 Å². The topological polar surface area (TPSA) is 50.7 Å². The Morgan fingerprint density at radius 1 is 0.913 bits per heavy atom. The molecule has 4 nitrogen and oxygen atoms in total. The van der Waals surface area contributed by atoms with Crippen molar-refractivity contribution in [2.24, 2.45) is 0 Å². The van der Waals surface area contributed by atoms with Crippen LogP contribution in [0.15, 0.2) is 60.7 Å². The van der Waals surface area contributed by atoms with Crippen LogP contribution in [0.5, 0.6) is 0 Å². The third-order valence-corrected chi connectivity index (χ3v) is 4.25. The lowest BCUT2D eigenvalue weighted by molar-refractivity contribution is 0.630. The summed E-state index contributed by atoms with van der Waals surface area (Å²) in [6.45, 7) is 0. The maximum Gasteiger partial charge on any atom is 0.189 e. The molecule has 23 heavy (non-hydrogen) atoms. The van der Waals surface area contributed by atoms with Crippen molar-refractivity contribution in [2.75, 3.05) is 5.32 Å². The average Bonchev–Trinajstić information content (AvgIpc) is 2.97. The Bertz CT molecular complexity index is 951. The first-order valence-corrected chi connectivity index (χ1v) is 7.82. The van der Waals surface area contributed by atoms with Crippen LogP contribution in [-0.2, 0) is 0 Å². The smallest absolute Gasteiger partial charge is 0.189 e. The minimum absolute atomic E-state index is 0.264. The second-order valence-electron chi connectivity index (χ2n) is 4.93. The van der Waals surface area contributed by atoms with Gasteiger partial charge in [0.2, 0.25) is 0 Å². The summed E-state index contributed by atoms with van der Waals surface area (Å²) in [6, 6.07) is 18.1. The molecule has 2 aromatic carbocycles. The Kier molecular flexibility index (Phi) is 3.44. The summed E-state index contributed by atoms with van der Waals surface area (Å²) in [5.41, 5.74) is 2.58. The molecule has 1 N–H and O–H groups in total. The average molecular weight is 322 g/mol. The van der Waals surface area contributed by atoms with Gasteiger partial charge in [-0.2, -0.15) is 0 Å². The summed E-state index contributed by atoms with van der Waals surface area (Å²) in [4.78, 5) is 4.40. The number of hydrogen-bond acceptors (Lipinski definition) is 5. The molecule has 2 aromatic heterocycles. The SMILES string of the molecule is Fc1ccc2nc(Nc3ccc(-c4ccccc4)nn3)sc2c1. The maximum atomic E-state index is 13.2. The fourth-order valence-corrected chi connectivity index (χ4v) is 3.12. The fraction of sp³-hybridized carbons (Fsp3) is 0. The van der Waals surface area contributed by atoms with Crippen LogP contribution in [0.25, 0.3) is 21.5 Å². The number of thiazole rings is 1. The van der Waals surface area contributed by atoms with Crippen LogP contribution in [0.3, 0.4) is 0 Å². The Balaban J connectivity index is 1.58. The van der Waals surface area contributed by atoms with Crippen molar-refractivity contribution in [1.29, 1.82) is 0 Å². The molecule has 4 rings (SSSR count). The summed E-state index contributed by atoms with van der Waals surface area (Å²) >= 11 is 1.38. The van der Waals surface area contributed by atoms with E-state index in [-0.39, 0.29) is 5.82 Å².